The van der Waals surface area contributed by atoms with Crippen molar-refractivity contribution in [3.8, 4) is 11.5 Å². The highest BCUT2D eigenvalue weighted by Crippen LogP contribution is 2.33. The van der Waals surface area contributed by atoms with Gasteiger partial charge >= 0.3 is 6.09 Å². The number of hydrogen-bond donors (Lipinski definition) is 0. The molecule has 3 fully saturated rings. The molecule has 0 spiro atoms. The summed E-state index contributed by atoms with van der Waals surface area (Å²) in [5.74, 6) is 1.08. The first-order valence-electron chi connectivity index (χ1n) is 16.1. The number of anilines is 1. The SMILES string of the molecule is COc1cc(OC2CCN(S(=O)(=O)CCCN(C)C3CC3)CC2)ccc1C(=O)N1CCC(N2C(=O)OCc3ccccc32)CC1. The molecule has 0 radical (unpaired) electrons. The summed E-state index contributed by atoms with van der Waals surface area (Å²) in [6.07, 6.45) is 5.13. The normalized spacial score (nSPS) is 20.2. The van der Waals surface area contributed by atoms with E-state index < -0.39 is 10.0 Å². The number of likely N-dealkylation sites (tertiary alicyclic amines) is 1. The minimum Gasteiger partial charge on any atom is -0.496 e. The minimum atomic E-state index is -3.28. The fourth-order valence-electron chi connectivity index (χ4n) is 6.68. The molecule has 0 atom stereocenters. The lowest BCUT2D eigenvalue weighted by molar-refractivity contribution is 0.0705. The number of benzene rings is 2. The van der Waals surface area contributed by atoms with Crippen LogP contribution in [0.1, 0.15) is 60.9 Å². The van der Waals surface area contributed by atoms with Gasteiger partial charge in [0.25, 0.3) is 5.91 Å². The Morgan fingerprint density at radius 2 is 1.73 bits per heavy atom. The summed E-state index contributed by atoms with van der Waals surface area (Å²) < 4.78 is 44.6. The smallest absolute Gasteiger partial charge is 0.414 e. The molecule has 2 amide bonds. The first kappa shape index (κ1) is 31.6. The number of ether oxygens (including phenoxy) is 3. The van der Waals surface area contributed by atoms with Crippen LogP contribution in [-0.4, -0.2) is 105 Å². The number of piperidine rings is 2. The number of methoxy groups -OCH3 is 1. The summed E-state index contributed by atoms with van der Waals surface area (Å²) in [6.45, 7) is 2.99. The predicted octanol–water partition coefficient (Wildman–Crippen LogP) is 4.11. The standard InChI is InChI=1S/C33H44N4O7S/c1-34(25-8-9-25)16-5-21-45(40,41)36-19-14-27(15-20-36)44-28-10-11-29(31(22-28)42-2)32(38)35-17-12-26(13-18-35)37-30-7-4-3-6-24(30)23-43-33(37)39/h3-4,6-7,10-11,22,25-27H,5,8-9,12-21,23H2,1-2H3. The van der Waals surface area contributed by atoms with Gasteiger partial charge in [0.05, 0.1) is 24.1 Å². The fourth-order valence-corrected chi connectivity index (χ4v) is 8.20. The molecule has 3 aliphatic heterocycles. The monoisotopic (exact) mass is 640 g/mol. The molecule has 1 aliphatic carbocycles. The number of amides is 2. The Labute approximate surface area is 266 Å². The van der Waals surface area contributed by atoms with E-state index in [1.807, 2.05) is 24.3 Å². The van der Waals surface area contributed by atoms with Crippen LogP contribution in [0, 0.1) is 0 Å². The number of carbonyl (C=O) groups is 2. The molecule has 12 heteroatoms. The van der Waals surface area contributed by atoms with Crippen molar-refractivity contribution >= 4 is 27.7 Å². The molecule has 4 aliphatic rings. The topological polar surface area (TPSA) is 109 Å². The van der Waals surface area contributed by atoms with Crippen LogP contribution in [0.15, 0.2) is 42.5 Å². The number of para-hydroxylation sites is 1. The third kappa shape index (κ3) is 7.23. The fraction of sp³-hybridized carbons (Fsp3) is 0.576. The molecular formula is C33H44N4O7S. The number of carbonyl (C=O) groups excluding carboxylic acids is 2. The maximum atomic E-state index is 13.5. The molecule has 0 unspecified atom stereocenters. The molecular weight excluding hydrogens is 596 g/mol. The summed E-state index contributed by atoms with van der Waals surface area (Å²) >= 11 is 0. The van der Waals surface area contributed by atoms with Crippen LogP contribution in [0.2, 0.25) is 0 Å². The minimum absolute atomic E-state index is 0.0453. The van der Waals surface area contributed by atoms with Gasteiger partial charge in [-0.25, -0.2) is 17.5 Å². The van der Waals surface area contributed by atoms with Crippen molar-refractivity contribution in [2.45, 2.75) is 69.7 Å². The molecule has 11 nitrogen and oxygen atoms in total. The predicted molar refractivity (Wildman–Crippen MR) is 170 cm³/mol. The van der Waals surface area contributed by atoms with Gasteiger partial charge in [0, 0.05) is 49.9 Å². The van der Waals surface area contributed by atoms with Crippen molar-refractivity contribution in [3.05, 3.63) is 53.6 Å². The van der Waals surface area contributed by atoms with Gasteiger partial charge in [-0.1, -0.05) is 18.2 Å². The Kier molecular flexibility index (Phi) is 9.53. The first-order chi connectivity index (χ1) is 21.7. The van der Waals surface area contributed by atoms with Crippen molar-refractivity contribution in [1.29, 1.82) is 0 Å². The molecule has 1 saturated carbocycles. The quantitative estimate of drug-likeness (QED) is 0.361. The van der Waals surface area contributed by atoms with Crippen molar-refractivity contribution in [3.63, 3.8) is 0 Å². The lowest BCUT2D eigenvalue weighted by atomic mass is 10.00. The van der Waals surface area contributed by atoms with Crippen LogP contribution in [0.5, 0.6) is 11.5 Å². The number of rotatable bonds is 11. The number of cyclic esters (lactones) is 1. The number of nitrogens with zero attached hydrogens (tertiary/aromatic N) is 4. The summed E-state index contributed by atoms with van der Waals surface area (Å²) in [6, 6.07) is 13.6. The molecule has 6 rings (SSSR count). The number of sulfonamides is 1. The number of hydrogen-bond acceptors (Lipinski definition) is 8. The van der Waals surface area contributed by atoms with E-state index in [1.165, 1.54) is 20.0 Å². The van der Waals surface area contributed by atoms with Crippen LogP contribution in [0.25, 0.3) is 0 Å². The van der Waals surface area contributed by atoms with E-state index in [9.17, 15) is 18.0 Å². The van der Waals surface area contributed by atoms with Gasteiger partial charge in [0.1, 0.15) is 24.2 Å². The summed E-state index contributed by atoms with van der Waals surface area (Å²) in [4.78, 5) is 32.0. The molecule has 2 saturated heterocycles. The van der Waals surface area contributed by atoms with E-state index >= 15 is 0 Å². The zero-order valence-corrected chi connectivity index (χ0v) is 27.0. The molecule has 2 aromatic rings. The zero-order chi connectivity index (χ0) is 31.6. The number of fused-ring (bicyclic) bond motifs is 1. The maximum absolute atomic E-state index is 13.5. The van der Waals surface area contributed by atoms with E-state index in [4.69, 9.17) is 14.2 Å². The van der Waals surface area contributed by atoms with Crippen LogP contribution in [0.4, 0.5) is 10.5 Å². The van der Waals surface area contributed by atoms with Gasteiger partial charge in [-0.3, -0.25) is 9.69 Å². The summed E-state index contributed by atoms with van der Waals surface area (Å²) in [5, 5.41) is 0. The summed E-state index contributed by atoms with van der Waals surface area (Å²) in [5.41, 5.74) is 2.33. The van der Waals surface area contributed by atoms with Gasteiger partial charge in [-0.05, 0) is 76.7 Å². The van der Waals surface area contributed by atoms with Gasteiger partial charge in [-0.2, -0.15) is 0 Å². The van der Waals surface area contributed by atoms with E-state index in [-0.39, 0.29) is 36.5 Å². The average Bonchev–Trinajstić information content (AvgIpc) is 3.91. The lowest BCUT2D eigenvalue weighted by Crippen LogP contribution is -2.50. The van der Waals surface area contributed by atoms with Crippen molar-refractivity contribution < 1.29 is 32.2 Å². The van der Waals surface area contributed by atoms with E-state index in [0.29, 0.717) is 81.4 Å². The summed E-state index contributed by atoms with van der Waals surface area (Å²) in [7, 11) is 0.328. The van der Waals surface area contributed by atoms with Gasteiger partial charge in [-0.15, -0.1) is 0 Å². The largest absolute Gasteiger partial charge is 0.496 e. The van der Waals surface area contributed by atoms with Crippen LogP contribution >= 0.6 is 0 Å². The van der Waals surface area contributed by atoms with Crippen molar-refractivity contribution in [2.75, 3.05) is 57.5 Å². The second-order valence-electron chi connectivity index (χ2n) is 12.5. The Bertz CT molecular complexity index is 1480. The molecule has 45 heavy (non-hydrogen) atoms. The van der Waals surface area contributed by atoms with Gasteiger partial charge in [0.2, 0.25) is 10.0 Å². The molecule has 3 heterocycles. The maximum Gasteiger partial charge on any atom is 0.414 e. The zero-order valence-electron chi connectivity index (χ0n) is 26.2. The van der Waals surface area contributed by atoms with Crippen LogP contribution in [0.3, 0.4) is 0 Å². The average molecular weight is 641 g/mol. The second kappa shape index (κ2) is 13.6. The Morgan fingerprint density at radius 1 is 1.00 bits per heavy atom. The molecule has 0 bridgehead atoms. The molecule has 0 N–H and O–H groups in total. The van der Waals surface area contributed by atoms with E-state index in [2.05, 4.69) is 11.9 Å². The van der Waals surface area contributed by atoms with Crippen LogP contribution in [-0.2, 0) is 21.4 Å². The highest BCUT2D eigenvalue weighted by Gasteiger charge is 2.36. The Hall–Kier alpha value is -3.35. The Morgan fingerprint density at radius 3 is 2.44 bits per heavy atom. The highest BCUT2D eigenvalue weighted by atomic mass is 32.2. The van der Waals surface area contributed by atoms with Gasteiger partial charge in [0.15, 0.2) is 0 Å². The third-order valence-electron chi connectivity index (χ3n) is 9.50. The van der Waals surface area contributed by atoms with E-state index in [1.54, 1.807) is 32.3 Å². The lowest BCUT2D eigenvalue weighted by Gasteiger charge is -2.40. The van der Waals surface area contributed by atoms with E-state index in [0.717, 1.165) is 17.8 Å². The van der Waals surface area contributed by atoms with Crippen LogP contribution < -0.4 is 14.4 Å². The molecule has 244 valence electrons. The van der Waals surface area contributed by atoms with Crippen molar-refractivity contribution in [1.82, 2.24) is 14.1 Å². The first-order valence-corrected chi connectivity index (χ1v) is 17.7. The third-order valence-corrected chi connectivity index (χ3v) is 11.5. The Balaban J connectivity index is 1.00. The molecule has 0 aromatic heterocycles. The molecule has 2 aromatic carbocycles. The highest BCUT2D eigenvalue weighted by molar-refractivity contribution is 7.89. The van der Waals surface area contributed by atoms with Gasteiger partial charge < -0.3 is 24.0 Å². The van der Waals surface area contributed by atoms with Crippen molar-refractivity contribution in [2.24, 2.45) is 0 Å². The second-order valence-corrected chi connectivity index (χ2v) is 14.6.